The molecule has 1 aromatic heterocycles. The maximum Gasteiger partial charge on any atom is 0.349 e. The number of hydrogen-bond donors (Lipinski definition) is 1. The minimum atomic E-state index is -3.61. The van der Waals surface area contributed by atoms with Gasteiger partial charge < -0.3 is 15.1 Å². The van der Waals surface area contributed by atoms with E-state index < -0.39 is 17.4 Å². The van der Waals surface area contributed by atoms with Crippen LogP contribution in [0, 0.1) is 0 Å². The van der Waals surface area contributed by atoms with Crippen molar-refractivity contribution in [3.8, 4) is 0 Å². The first kappa shape index (κ1) is 22.6. The number of rotatable bonds is 5. The Labute approximate surface area is 181 Å². The van der Waals surface area contributed by atoms with Crippen LogP contribution in [0.3, 0.4) is 0 Å². The fraction of sp³-hybridized carbons (Fsp3) is 0.545. The van der Waals surface area contributed by atoms with E-state index in [-0.39, 0.29) is 13.1 Å². The third kappa shape index (κ3) is 4.07. The molecule has 4 heterocycles. The molecule has 1 N–H and O–H groups in total. The number of allylic oxidation sites excluding steroid dienone is 3. The maximum absolute atomic E-state index is 14.6. The summed E-state index contributed by atoms with van der Waals surface area (Å²) in [6.07, 6.45) is 6.19. The van der Waals surface area contributed by atoms with Crippen LogP contribution in [0.1, 0.15) is 37.3 Å². The number of aromatic nitrogens is 1. The van der Waals surface area contributed by atoms with Crippen LogP contribution in [0.5, 0.6) is 0 Å². The van der Waals surface area contributed by atoms with Crippen molar-refractivity contribution < 1.29 is 13.6 Å². The Kier molecular flexibility index (Phi) is 7.08. The van der Waals surface area contributed by atoms with Crippen molar-refractivity contribution in [1.82, 2.24) is 15.2 Å². The first-order valence-electron chi connectivity index (χ1n) is 10.6. The molecular weight excluding hydrogens is 406 g/mol. The van der Waals surface area contributed by atoms with Gasteiger partial charge in [-0.05, 0) is 12.8 Å². The molecular formula is C22H30F2N4OS. The predicted octanol–water partition coefficient (Wildman–Crippen LogP) is 3.93. The van der Waals surface area contributed by atoms with Crippen LogP contribution in [0.2, 0.25) is 0 Å². The molecule has 3 aliphatic rings. The van der Waals surface area contributed by atoms with E-state index in [1.54, 1.807) is 11.3 Å². The highest BCUT2D eigenvalue weighted by atomic mass is 32.1. The number of fused-ring (bicyclic) bond motifs is 3. The van der Waals surface area contributed by atoms with E-state index in [1.807, 2.05) is 13.8 Å². The van der Waals surface area contributed by atoms with Crippen molar-refractivity contribution in [2.75, 3.05) is 24.5 Å². The fourth-order valence-electron chi connectivity index (χ4n) is 4.31. The summed E-state index contributed by atoms with van der Waals surface area (Å²) < 4.78 is 29.3. The van der Waals surface area contributed by atoms with Crippen molar-refractivity contribution in [3.63, 3.8) is 0 Å². The van der Waals surface area contributed by atoms with Crippen LogP contribution >= 0.6 is 11.3 Å². The first-order chi connectivity index (χ1) is 14.5. The molecule has 164 valence electrons. The Balaban J connectivity index is 0.00000124. The van der Waals surface area contributed by atoms with Crippen molar-refractivity contribution in [2.24, 2.45) is 0 Å². The molecule has 2 unspecified atom stereocenters. The van der Waals surface area contributed by atoms with Gasteiger partial charge in [-0.1, -0.05) is 56.6 Å². The summed E-state index contributed by atoms with van der Waals surface area (Å²) >= 11 is 1.54. The Hall–Kier alpha value is -2.06. The summed E-state index contributed by atoms with van der Waals surface area (Å²) in [5.74, 6) is -4.80. The number of amides is 1. The van der Waals surface area contributed by atoms with Crippen molar-refractivity contribution in [2.45, 2.75) is 57.7 Å². The molecule has 8 heteroatoms. The summed E-state index contributed by atoms with van der Waals surface area (Å²) in [5.41, 5.74) is 0.511. The molecule has 1 amide bonds. The zero-order valence-corrected chi connectivity index (χ0v) is 18.5. The number of nitrogens with zero attached hydrogens (tertiary/aromatic N) is 3. The van der Waals surface area contributed by atoms with Gasteiger partial charge in [0.25, 0.3) is 5.91 Å². The molecule has 4 rings (SSSR count). The van der Waals surface area contributed by atoms with Crippen molar-refractivity contribution in [3.05, 3.63) is 47.5 Å². The van der Waals surface area contributed by atoms with E-state index in [0.717, 1.165) is 53.8 Å². The molecule has 2 bridgehead atoms. The summed E-state index contributed by atoms with van der Waals surface area (Å²) in [6.45, 7) is 13.2. The highest BCUT2D eigenvalue weighted by molar-refractivity contribution is 7.15. The lowest BCUT2D eigenvalue weighted by Crippen LogP contribution is -2.51. The van der Waals surface area contributed by atoms with Crippen molar-refractivity contribution >= 4 is 22.4 Å². The van der Waals surface area contributed by atoms with E-state index in [9.17, 15) is 13.6 Å². The standard InChI is InChI=1S/C20H24F2N4OS.C2H6/c1-3-5-13(4-2)20(21,22)18(27)25-9-8-16-17(12-25)28-19(24-16)26-14-6-7-15(26)11-23-10-14;1-2/h3-5,14-15,23H,1-2,6-12H2;1-2H3/b13-5+;. The minimum absolute atomic E-state index is 0.182. The smallest absolute Gasteiger partial charge is 0.340 e. The normalized spacial score (nSPS) is 23.4. The molecule has 0 aromatic carbocycles. The Bertz CT molecular complexity index is 819. The van der Waals surface area contributed by atoms with Gasteiger partial charge >= 0.3 is 5.92 Å². The number of carbonyl (C=O) groups is 1. The topological polar surface area (TPSA) is 48.5 Å². The summed E-state index contributed by atoms with van der Waals surface area (Å²) in [7, 11) is 0. The van der Waals surface area contributed by atoms with Crippen LogP contribution in [-0.4, -0.2) is 53.4 Å². The third-order valence-corrected chi connectivity index (χ3v) is 6.85. The minimum Gasteiger partial charge on any atom is -0.340 e. The SMILES string of the molecule is C=C/C=C(\C=C)C(F)(F)C(=O)N1CCc2nc(N3C4CCC3CNC4)sc2C1.CC. The van der Waals surface area contributed by atoms with Gasteiger partial charge in [-0.15, -0.1) is 0 Å². The number of hydrogen-bond acceptors (Lipinski definition) is 5. The zero-order valence-electron chi connectivity index (χ0n) is 17.7. The van der Waals surface area contributed by atoms with Crippen LogP contribution in [0.15, 0.2) is 37.0 Å². The molecule has 3 aliphatic heterocycles. The van der Waals surface area contributed by atoms with Gasteiger partial charge in [0.05, 0.1) is 12.2 Å². The van der Waals surface area contributed by atoms with Gasteiger partial charge in [0.2, 0.25) is 0 Å². The van der Waals surface area contributed by atoms with Gasteiger partial charge in [-0.25, -0.2) is 4.98 Å². The van der Waals surface area contributed by atoms with E-state index in [2.05, 4.69) is 23.4 Å². The third-order valence-electron chi connectivity index (χ3n) is 5.76. The van der Waals surface area contributed by atoms with Gasteiger partial charge in [0.1, 0.15) is 0 Å². The number of halogens is 2. The molecule has 5 nitrogen and oxygen atoms in total. The zero-order chi connectivity index (χ0) is 21.9. The second-order valence-electron chi connectivity index (χ2n) is 7.43. The molecule has 0 aliphatic carbocycles. The molecule has 0 saturated carbocycles. The summed E-state index contributed by atoms with van der Waals surface area (Å²) in [5, 5.41) is 4.42. The van der Waals surface area contributed by atoms with Gasteiger partial charge in [-0.3, -0.25) is 4.79 Å². The average Bonchev–Trinajstić information content (AvgIpc) is 3.28. The van der Waals surface area contributed by atoms with Gasteiger partial charge in [0.15, 0.2) is 5.13 Å². The Morgan fingerprint density at radius 2 is 1.93 bits per heavy atom. The van der Waals surface area contributed by atoms with Crippen molar-refractivity contribution in [1.29, 1.82) is 0 Å². The first-order valence-corrected chi connectivity index (χ1v) is 11.4. The molecule has 2 saturated heterocycles. The van der Waals surface area contributed by atoms with Gasteiger partial charge in [0, 0.05) is 48.6 Å². The number of nitrogens with one attached hydrogen (secondary N) is 1. The van der Waals surface area contributed by atoms with Crippen LogP contribution in [0.25, 0.3) is 0 Å². The predicted molar refractivity (Wildman–Crippen MR) is 118 cm³/mol. The second kappa shape index (κ2) is 9.39. The molecule has 0 spiro atoms. The monoisotopic (exact) mass is 436 g/mol. The molecule has 1 aromatic rings. The van der Waals surface area contributed by atoms with E-state index in [4.69, 9.17) is 4.98 Å². The number of piperazine rings is 1. The van der Waals surface area contributed by atoms with Gasteiger partial charge in [-0.2, -0.15) is 8.78 Å². The van der Waals surface area contributed by atoms with Crippen LogP contribution in [0.4, 0.5) is 13.9 Å². The fourth-order valence-corrected chi connectivity index (χ4v) is 5.57. The summed E-state index contributed by atoms with van der Waals surface area (Å²) in [4.78, 5) is 21.9. The highest BCUT2D eigenvalue weighted by Crippen LogP contribution is 2.39. The lowest BCUT2D eigenvalue weighted by atomic mass is 10.1. The largest absolute Gasteiger partial charge is 0.349 e. The Morgan fingerprint density at radius 3 is 2.53 bits per heavy atom. The highest BCUT2D eigenvalue weighted by Gasteiger charge is 2.46. The Morgan fingerprint density at radius 1 is 1.27 bits per heavy atom. The molecule has 30 heavy (non-hydrogen) atoms. The molecule has 2 fully saturated rings. The number of carbonyl (C=O) groups excluding carboxylic acids is 1. The molecule has 2 atom stereocenters. The van der Waals surface area contributed by atoms with E-state index in [1.165, 1.54) is 11.0 Å². The maximum atomic E-state index is 14.6. The lowest BCUT2D eigenvalue weighted by Gasteiger charge is -2.35. The lowest BCUT2D eigenvalue weighted by molar-refractivity contribution is -0.152. The van der Waals surface area contributed by atoms with E-state index in [0.29, 0.717) is 18.5 Å². The summed E-state index contributed by atoms with van der Waals surface area (Å²) in [6, 6.07) is 0.903. The number of anilines is 1. The molecule has 0 radical (unpaired) electrons. The van der Waals surface area contributed by atoms with Crippen LogP contribution < -0.4 is 10.2 Å². The quantitative estimate of drug-likeness (QED) is 0.711. The van der Waals surface area contributed by atoms with Crippen LogP contribution in [-0.2, 0) is 17.8 Å². The number of thiazole rings is 1. The average molecular weight is 437 g/mol. The second-order valence-corrected chi connectivity index (χ2v) is 8.49. The number of alkyl halides is 2. The van der Waals surface area contributed by atoms with E-state index >= 15 is 0 Å².